The number of benzene rings is 1. The van der Waals surface area contributed by atoms with Gasteiger partial charge in [0.25, 0.3) is 0 Å². The van der Waals surface area contributed by atoms with Gasteiger partial charge >= 0.3 is 0 Å². The predicted molar refractivity (Wildman–Crippen MR) is 57.8 cm³/mol. The van der Waals surface area contributed by atoms with Gasteiger partial charge in [0.2, 0.25) is 0 Å². The van der Waals surface area contributed by atoms with Crippen molar-refractivity contribution in [2.45, 2.75) is 13.3 Å². The summed E-state index contributed by atoms with van der Waals surface area (Å²) in [4.78, 5) is 1.05. The first-order chi connectivity index (χ1) is 5.79. The van der Waals surface area contributed by atoms with Crippen LogP contribution in [0.4, 0.5) is 5.69 Å². The van der Waals surface area contributed by atoms with Crippen molar-refractivity contribution in [3.05, 3.63) is 30.3 Å². The van der Waals surface area contributed by atoms with E-state index in [0.29, 0.717) is 0 Å². The second-order valence-corrected chi connectivity index (χ2v) is 3.44. The van der Waals surface area contributed by atoms with Gasteiger partial charge in [0.05, 0.1) is 0 Å². The SMILES string of the molecule is CC(=S)CCNc1ccccc1. The molecule has 1 rings (SSSR count). The zero-order chi connectivity index (χ0) is 8.81. The monoisotopic (exact) mass is 179 g/mol. The number of thiocarbonyl (C=S) groups is 1. The van der Waals surface area contributed by atoms with Gasteiger partial charge in [-0.25, -0.2) is 0 Å². The lowest BCUT2D eigenvalue weighted by atomic mass is 10.3. The second-order valence-electron chi connectivity index (χ2n) is 2.74. The molecule has 0 bridgehead atoms. The Labute approximate surface area is 78.8 Å². The van der Waals surface area contributed by atoms with E-state index in [0.717, 1.165) is 23.5 Å². The molecule has 12 heavy (non-hydrogen) atoms. The Morgan fingerprint density at radius 2 is 2.00 bits per heavy atom. The van der Waals surface area contributed by atoms with E-state index >= 15 is 0 Å². The highest BCUT2D eigenvalue weighted by Gasteiger charge is 1.89. The minimum Gasteiger partial charge on any atom is -0.385 e. The molecule has 2 heteroatoms. The molecule has 0 fully saturated rings. The van der Waals surface area contributed by atoms with E-state index in [1.165, 1.54) is 0 Å². The van der Waals surface area contributed by atoms with Crippen molar-refractivity contribution >= 4 is 22.8 Å². The standard InChI is InChI=1S/C10H13NS/c1-9(12)7-8-11-10-5-3-2-4-6-10/h2-6,11H,7-8H2,1H3. The summed E-state index contributed by atoms with van der Waals surface area (Å²) >= 11 is 4.97. The van der Waals surface area contributed by atoms with E-state index in [9.17, 15) is 0 Å². The van der Waals surface area contributed by atoms with Crippen LogP contribution in [0.5, 0.6) is 0 Å². The van der Waals surface area contributed by atoms with Crippen LogP contribution in [0.2, 0.25) is 0 Å². The maximum absolute atomic E-state index is 4.97. The fourth-order valence-corrected chi connectivity index (χ4v) is 1.04. The van der Waals surface area contributed by atoms with E-state index < -0.39 is 0 Å². The van der Waals surface area contributed by atoms with Gasteiger partial charge in [-0.15, -0.1) is 0 Å². The lowest BCUT2D eigenvalue weighted by molar-refractivity contribution is 1.12. The first-order valence-corrected chi connectivity index (χ1v) is 4.48. The van der Waals surface area contributed by atoms with Crippen LogP contribution in [0, 0.1) is 0 Å². The average Bonchev–Trinajstić information content (AvgIpc) is 2.05. The summed E-state index contributed by atoms with van der Waals surface area (Å²) in [5.41, 5.74) is 1.16. The van der Waals surface area contributed by atoms with Crippen molar-refractivity contribution in [1.82, 2.24) is 0 Å². The van der Waals surface area contributed by atoms with Crippen molar-refractivity contribution in [2.24, 2.45) is 0 Å². The van der Waals surface area contributed by atoms with E-state index in [1.807, 2.05) is 25.1 Å². The molecular formula is C10H13NS. The van der Waals surface area contributed by atoms with E-state index in [4.69, 9.17) is 12.2 Å². The summed E-state index contributed by atoms with van der Waals surface area (Å²) in [7, 11) is 0. The minimum atomic E-state index is 0.930. The molecule has 1 aromatic carbocycles. The highest BCUT2D eigenvalue weighted by molar-refractivity contribution is 7.80. The smallest absolute Gasteiger partial charge is 0.0340 e. The van der Waals surface area contributed by atoms with Crippen LogP contribution in [0.3, 0.4) is 0 Å². The number of rotatable bonds is 4. The number of para-hydroxylation sites is 1. The first kappa shape index (κ1) is 9.20. The Kier molecular flexibility index (Phi) is 3.74. The van der Waals surface area contributed by atoms with Crippen LogP contribution < -0.4 is 5.32 Å². The van der Waals surface area contributed by atoms with Gasteiger partial charge in [0, 0.05) is 12.2 Å². The highest BCUT2D eigenvalue weighted by atomic mass is 32.1. The molecule has 0 aliphatic rings. The number of anilines is 1. The Hall–Kier alpha value is -0.890. The van der Waals surface area contributed by atoms with Gasteiger partial charge < -0.3 is 5.32 Å². The van der Waals surface area contributed by atoms with E-state index in [1.54, 1.807) is 0 Å². The third-order valence-electron chi connectivity index (χ3n) is 1.58. The van der Waals surface area contributed by atoms with E-state index in [2.05, 4.69) is 17.4 Å². The van der Waals surface area contributed by atoms with Gasteiger partial charge in [-0.3, -0.25) is 0 Å². The zero-order valence-corrected chi connectivity index (χ0v) is 8.03. The lowest BCUT2D eigenvalue weighted by Crippen LogP contribution is -2.04. The minimum absolute atomic E-state index is 0.930. The van der Waals surface area contributed by atoms with Crippen LogP contribution in [-0.4, -0.2) is 11.4 Å². The van der Waals surface area contributed by atoms with Crippen LogP contribution in [0.25, 0.3) is 0 Å². The molecule has 0 saturated heterocycles. The lowest BCUT2D eigenvalue weighted by Gasteiger charge is -2.04. The number of nitrogens with one attached hydrogen (secondary N) is 1. The quantitative estimate of drug-likeness (QED) is 0.713. The largest absolute Gasteiger partial charge is 0.385 e. The normalized spacial score (nSPS) is 9.42. The summed E-state index contributed by atoms with van der Waals surface area (Å²) in [5, 5.41) is 3.29. The molecule has 0 aliphatic heterocycles. The van der Waals surface area contributed by atoms with Crippen LogP contribution >= 0.6 is 12.2 Å². The summed E-state index contributed by atoms with van der Waals surface area (Å²) in [6.07, 6.45) is 0.963. The predicted octanol–water partition coefficient (Wildman–Crippen LogP) is 2.88. The molecule has 1 N–H and O–H groups in total. The summed E-state index contributed by atoms with van der Waals surface area (Å²) in [6.45, 7) is 2.90. The molecule has 0 radical (unpaired) electrons. The van der Waals surface area contributed by atoms with Crippen molar-refractivity contribution in [2.75, 3.05) is 11.9 Å². The molecule has 0 spiro atoms. The molecule has 1 aromatic rings. The van der Waals surface area contributed by atoms with Crippen LogP contribution in [0.15, 0.2) is 30.3 Å². The average molecular weight is 179 g/mol. The molecule has 0 aliphatic carbocycles. The Morgan fingerprint density at radius 3 is 2.58 bits per heavy atom. The van der Waals surface area contributed by atoms with Crippen molar-refractivity contribution in [3.8, 4) is 0 Å². The maximum Gasteiger partial charge on any atom is 0.0340 e. The third kappa shape index (κ3) is 3.49. The molecule has 1 nitrogen and oxygen atoms in total. The molecule has 0 saturated carbocycles. The van der Waals surface area contributed by atoms with Crippen LogP contribution in [-0.2, 0) is 0 Å². The van der Waals surface area contributed by atoms with Gasteiger partial charge in [0.1, 0.15) is 0 Å². The van der Waals surface area contributed by atoms with Crippen molar-refractivity contribution < 1.29 is 0 Å². The molecule has 0 unspecified atom stereocenters. The van der Waals surface area contributed by atoms with Crippen molar-refractivity contribution in [3.63, 3.8) is 0 Å². The van der Waals surface area contributed by atoms with Gasteiger partial charge in [-0.1, -0.05) is 30.4 Å². The molecule has 0 heterocycles. The molecule has 64 valence electrons. The fraction of sp³-hybridized carbons (Fsp3) is 0.300. The van der Waals surface area contributed by atoms with Gasteiger partial charge in [0.15, 0.2) is 0 Å². The van der Waals surface area contributed by atoms with Gasteiger partial charge in [-0.2, -0.15) is 0 Å². The highest BCUT2D eigenvalue weighted by Crippen LogP contribution is 2.04. The first-order valence-electron chi connectivity index (χ1n) is 4.07. The molecule has 0 amide bonds. The second kappa shape index (κ2) is 4.88. The Balaban J connectivity index is 2.29. The maximum atomic E-state index is 4.97. The number of hydrogen-bond acceptors (Lipinski definition) is 2. The number of hydrogen-bond donors (Lipinski definition) is 1. The van der Waals surface area contributed by atoms with Gasteiger partial charge in [-0.05, 0) is 30.3 Å². The topological polar surface area (TPSA) is 12.0 Å². The van der Waals surface area contributed by atoms with Crippen LogP contribution in [0.1, 0.15) is 13.3 Å². The molecule has 0 aromatic heterocycles. The van der Waals surface area contributed by atoms with Crippen molar-refractivity contribution in [1.29, 1.82) is 0 Å². The fourth-order valence-electron chi connectivity index (χ4n) is 0.939. The summed E-state index contributed by atoms with van der Waals surface area (Å²) in [5.74, 6) is 0. The summed E-state index contributed by atoms with van der Waals surface area (Å²) < 4.78 is 0. The molecule has 0 atom stereocenters. The Bertz CT molecular complexity index is 243. The Morgan fingerprint density at radius 1 is 1.33 bits per heavy atom. The molecular weight excluding hydrogens is 166 g/mol. The summed E-state index contributed by atoms with van der Waals surface area (Å²) in [6, 6.07) is 10.2. The third-order valence-corrected chi connectivity index (χ3v) is 1.78. The van der Waals surface area contributed by atoms with E-state index in [-0.39, 0.29) is 0 Å². The zero-order valence-electron chi connectivity index (χ0n) is 7.21.